The van der Waals surface area contributed by atoms with E-state index in [0.29, 0.717) is 30.2 Å². The molecule has 1 aromatic rings. The van der Waals surface area contributed by atoms with Crippen molar-refractivity contribution in [2.24, 2.45) is 5.92 Å². The Kier molecular flexibility index (Phi) is 3.64. The highest BCUT2D eigenvalue weighted by atomic mass is 35.5. The maximum Gasteiger partial charge on any atom is 0.254 e. The summed E-state index contributed by atoms with van der Waals surface area (Å²) in [6, 6.07) is 3.23. The molecule has 5 heteroatoms. The minimum atomic E-state index is -0.305. The van der Waals surface area contributed by atoms with Gasteiger partial charge in [-0.1, -0.05) is 18.5 Å². The summed E-state index contributed by atoms with van der Waals surface area (Å²) in [5.41, 5.74) is 0.550. The molecule has 2 heterocycles. The number of likely N-dealkylation sites (tertiary alicyclic amines) is 1. The Labute approximate surface area is 105 Å². The van der Waals surface area contributed by atoms with Gasteiger partial charge in [0.25, 0.3) is 5.91 Å². The predicted octanol–water partition coefficient (Wildman–Crippen LogP) is 1.58. The van der Waals surface area contributed by atoms with Gasteiger partial charge in [-0.2, -0.15) is 0 Å². The monoisotopic (exact) mass is 254 g/mol. The van der Waals surface area contributed by atoms with Crippen molar-refractivity contribution < 1.29 is 9.90 Å². The van der Waals surface area contributed by atoms with Gasteiger partial charge in [-0.05, 0) is 24.5 Å². The third kappa shape index (κ3) is 2.76. The lowest BCUT2D eigenvalue weighted by molar-refractivity contribution is 0.0297. The van der Waals surface area contributed by atoms with E-state index in [9.17, 15) is 9.90 Å². The van der Waals surface area contributed by atoms with Crippen LogP contribution in [0.1, 0.15) is 23.7 Å². The van der Waals surface area contributed by atoms with Crippen molar-refractivity contribution in [1.29, 1.82) is 0 Å². The van der Waals surface area contributed by atoms with Crippen LogP contribution >= 0.6 is 11.6 Å². The van der Waals surface area contributed by atoms with Crippen LogP contribution in [0.15, 0.2) is 18.3 Å². The van der Waals surface area contributed by atoms with Gasteiger partial charge in [-0.15, -0.1) is 0 Å². The van der Waals surface area contributed by atoms with Crippen molar-refractivity contribution in [2.75, 3.05) is 13.1 Å². The number of amides is 1. The number of aliphatic hydroxyl groups is 1. The number of carbonyl (C=O) groups excluding carboxylic acids is 1. The summed E-state index contributed by atoms with van der Waals surface area (Å²) in [4.78, 5) is 17.8. The van der Waals surface area contributed by atoms with Crippen molar-refractivity contribution in [3.8, 4) is 0 Å². The minimum Gasteiger partial charge on any atom is -0.393 e. The van der Waals surface area contributed by atoms with Crippen LogP contribution in [0.3, 0.4) is 0 Å². The number of rotatable bonds is 1. The number of pyridine rings is 1. The lowest BCUT2D eigenvalue weighted by Crippen LogP contribution is -2.44. The Morgan fingerprint density at radius 3 is 3.06 bits per heavy atom. The fourth-order valence-electron chi connectivity index (χ4n) is 2.04. The SMILES string of the molecule is CC1CN(C(=O)c2ccnc(Cl)c2)CCC1O. The van der Waals surface area contributed by atoms with Gasteiger partial charge in [-0.25, -0.2) is 4.98 Å². The molecule has 1 aliphatic heterocycles. The zero-order valence-electron chi connectivity index (χ0n) is 9.64. The average Bonchev–Trinajstić information content (AvgIpc) is 2.32. The number of piperidine rings is 1. The molecule has 0 aliphatic carbocycles. The number of aromatic nitrogens is 1. The van der Waals surface area contributed by atoms with E-state index in [-0.39, 0.29) is 17.9 Å². The topological polar surface area (TPSA) is 53.4 Å². The summed E-state index contributed by atoms with van der Waals surface area (Å²) < 4.78 is 0. The summed E-state index contributed by atoms with van der Waals surface area (Å²) in [6.07, 6.45) is 1.85. The zero-order valence-corrected chi connectivity index (χ0v) is 10.4. The molecular formula is C12H15ClN2O2. The molecule has 0 aromatic carbocycles. The third-order valence-electron chi connectivity index (χ3n) is 3.12. The van der Waals surface area contributed by atoms with Crippen LogP contribution < -0.4 is 0 Å². The molecule has 2 unspecified atom stereocenters. The van der Waals surface area contributed by atoms with E-state index in [2.05, 4.69) is 4.98 Å². The second kappa shape index (κ2) is 5.02. The van der Waals surface area contributed by atoms with Crippen LogP contribution in [0.5, 0.6) is 0 Å². The van der Waals surface area contributed by atoms with Crippen LogP contribution in [0.4, 0.5) is 0 Å². The summed E-state index contributed by atoms with van der Waals surface area (Å²) >= 11 is 5.76. The number of carbonyl (C=O) groups is 1. The molecule has 1 N–H and O–H groups in total. The zero-order chi connectivity index (χ0) is 12.4. The van der Waals surface area contributed by atoms with E-state index in [1.54, 1.807) is 17.0 Å². The van der Waals surface area contributed by atoms with Crippen molar-refractivity contribution >= 4 is 17.5 Å². The minimum absolute atomic E-state index is 0.0481. The van der Waals surface area contributed by atoms with Crippen LogP contribution in [-0.2, 0) is 0 Å². The number of nitrogens with zero attached hydrogens (tertiary/aromatic N) is 2. The van der Waals surface area contributed by atoms with Crippen LogP contribution in [-0.4, -0.2) is 40.1 Å². The maximum atomic E-state index is 12.2. The molecular weight excluding hydrogens is 240 g/mol. The second-order valence-electron chi connectivity index (χ2n) is 4.45. The van der Waals surface area contributed by atoms with Crippen molar-refractivity contribution in [3.63, 3.8) is 0 Å². The molecule has 0 radical (unpaired) electrons. The number of aliphatic hydroxyl groups excluding tert-OH is 1. The summed E-state index contributed by atoms with van der Waals surface area (Å²) in [5, 5.41) is 9.94. The summed E-state index contributed by atoms with van der Waals surface area (Å²) in [7, 11) is 0. The van der Waals surface area contributed by atoms with Gasteiger partial charge >= 0.3 is 0 Å². The highest BCUT2D eigenvalue weighted by molar-refractivity contribution is 6.29. The van der Waals surface area contributed by atoms with E-state index in [0.717, 1.165) is 0 Å². The molecule has 4 nitrogen and oxygen atoms in total. The average molecular weight is 255 g/mol. The number of hydrogen-bond acceptors (Lipinski definition) is 3. The Hall–Kier alpha value is -1.13. The highest BCUT2D eigenvalue weighted by Crippen LogP contribution is 2.19. The van der Waals surface area contributed by atoms with Crippen molar-refractivity contribution in [2.45, 2.75) is 19.4 Å². The summed E-state index contributed by atoms with van der Waals surface area (Å²) in [6.45, 7) is 3.12. The lowest BCUT2D eigenvalue weighted by atomic mass is 9.96. The lowest BCUT2D eigenvalue weighted by Gasteiger charge is -2.34. The molecule has 92 valence electrons. The molecule has 2 atom stereocenters. The molecule has 1 aliphatic rings. The molecule has 1 aromatic heterocycles. The molecule has 0 saturated carbocycles. The first-order chi connectivity index (χ1) is 8.08. The molecule has 1 amide bonds. The standard InChI is InChI=1S/C12H15ClN2O2/c1-8-7-15(5-3-10(8)16)12(17)9-2-4-14-11(13)6-9/h2,4,6,8,10,16H,3,5,7H2,1H3. The quantitative estimate of drug-likeness (QED) is 0.774. The van der Waals surface area contributed by atoms with Gasteiger partial charge in [0.2, 0.25) is 0 Å². The highest BCUT2D eigenvalue weighted by Gasteiger charge is 2.27. The largest absolute Gasteiger partial charge is 0.393 e. The van der Waals surface area contributed by atoms with Crippen LogP contribution in [0, 0.1) is 5.92 Å². The van der Waals surface area contributed by atoms with E-state index in [4.69, 9.17) is 11.6 Å². The number of halogens is 1. The van der Waals surface area contributed by atoms with Crippen molar-refractivity contribution in [3.05, 3.63) is 29.0 Å². The van der Waals surface area contributed by atoms with Gasteiger partial charge in [0.15, 0.2) is 0 Å². The normalized spacial score (nSPS) is 24.8. The first kappa shape index (κ1) is 12.3. The first-order valence-corrected chi connectivity index (χ1v) is 6.04. The predicted molar refractivity (Wildman–Crippen MR) is 64.9 cm³/mol. The number of hydrogen-bond donors (Lipinski definition) is 1. The Morgan fingerprint density at radius 2 is 2.41 bits per heavy atom. The van der Waals surface area contributed by atoms with Gasteiger partial charge in [0.05, 0.1) is 6.10 Å². The van der Waals surface area contributed by atoms with Gasteiger partial charge in [0.1, 0.15) is 5.15 Å². The Balaban J connectivity index is 2.10. The van der Waals surface area contributed by atoms with Gasteiger partial charge in [0, 0.05) is 24.8 Å². The molecule has 17 heavy (non-hydrogen) atoms. The molecule has 0 spiro atoms. The fraction of sp³-hybridized carbons (Fsp3) is 0.500. The van der Waals surface area contributed by atoms with E-state index >= 15 is 0 Å². The van der Waals surface area contributed by atoms with Gasteiger partial charge in [-0.3, -0.25) is 4.79 Å². The second-order valence-corrected chi connectivity index (χ2v) is 4.84. The van der Waals surface area contributed by atoms with E-state index in [1.807, 2.05) is 6.92 Å². The third-order valence-corrected chi connectivity index (χ3v) is 3.33. The molecule has 1 fully saturated rings. The molecule has 2 rings (SSSR count). The Bertz CT molecular complexity index is 425. The van der Waals surface area contributed by atoms with Crippen LogP contribution in [0.2, 0.25) is 5.15 Å². The molecule has 1 saturated heterocycles. The van der Waals surface area contributed by atoms with Gasteiger partial charge < -0.3 is 10.0 Å². The van der Waals surface area contributed by atoms with Crippen LogP contribution in [0.25, 0.3) is 0 Å². The van der Waals surface area contributed by atoms with E-state index in [1.165, 1.54) is 6.20 Å². The summed E-state index contributed by atoms with van der Waals surface area (Å²) in [5.74, 6) is 0.0676. The molecule has 0 bridgehead atoms. The fourth-order valence-corrected chi connectivity index (χ4v) is 2.21. The van der Waals surface area contributed by atoms with Crippen molar-refractivity contribution in [1.82, 2.24) is 9.88 Å². The Morgan fingerprint density at radius 1 is 1.65 bits per heavy atom. The van der Waals surface area contributed by atoms with E-state index < -0.39 is 0 Å². The maximum absolute atomic E-state index is 12.2. The smallest absolute Gasteiger partial charge is 0.254 e. The first-order valence-electron chi connectivity index (χ1n) is 5.67.